The van der Waals surface area contributed by atoms with E-state index in [2.05, 4.69) is 5.32 Å². The fourth-order valence-corrected chi connectivity index (χ4v) is 2.02. The minimum absolute atomic E-state index is 0. The first-order valence-electron chi connectivity index (χ1n) is 4.12. The summed E-state index contributed by atoms with van der Waals surface area (Å²) in [7, 11) is 0. The van der Waals surface area contributed by atoms with E-state index < -0.39 is 0 Å². The van der Waals surface area contributed by atoms with E-state index >= 15 is 0 Å². The van der Waals surface area contributed by atoms with Gasteiger partial charge in [-0.05, 0) is 31.7 Å². The Morgan fingerprint density at radius 2 is 2.18 bits per heavy atom. The van der Waals surface area contributed by atoms with Crippen LogP contribution in [-0.4, -0.2) is 18.4 Å². The van der Waals surface area contributed by atoms with Crippen molar-refractivity contribution in [3.8, 4) is 0 Å². The molecule has 3 heteroatoms. The van der Waals surface area contributed by atoms with E-state index in [9.17, 15) is 4.79 Å². The van der Waals surface area contributed by atoms with E-state index in [1.54, 1.807) is 0 Å². The minimum atomic E-state index is 0. The van der Waals surface area contributed by atoms with Crippen LogP contribution in [0.2, 0.25) is 0 Å². The zero-order chi connectivity index (χ0) is 6.97. The van der Waals surface area contributed by atoms with Crippen molar-refractivity contribution in [1.82, 2.24) is 5.32 Å². The zero-order valence-electron chi connectivity index (χ0n) is 6.51. The van der Waals surface area contributed by atoms with Crippen LogP contribution < -0.4 is 5.32 Å². The van der Waals surface area contributed by atoms with Crippen molar-refractivity contribution in [1.29, 1.82) is 0 Å². The van der Waals surface area contributed by atoms with Gasteiger partial charge in [0, 0.05) is 6.42 Å². The summed E-state index contributed by atoms with van der Waals surface area (Å²) in [6.07, 6.45) is 4.36. The molecule has 2 bridgehead atoms. The molecule has 2 nitrogen and oxygen atoms in total. The van der Waals surface area contributed by atoms with Gasteiger partial charge >= 0.3 is 0 Å². The predicted octanol–water partition coefficient (Wildman–Crippen LogP) is 1.14. The number of ketones is 1. The maximum absolute atomic E-state index is 11.1. The second-order valence-electron chi connectivity index (χ2n) is 3.40. The molecule has 1 saturated carbocycles. The van der Waals surface area contributed by atoms with Gasteiger partial charge in [-0.15, -0.1) is 12.4 Å². The SMILES string of the molecule is Cl.O=C1CCC2CCNC1C2. The summed E-state index contributed by atoms with van der Waals surface area (Å²) in [6.45, 7) is 1.06. The van der Waals surface area contributed by atoms with Crippen LogP contribution in [0.15, 0.2) is 0 Å². The fourth-order valence-electron chi connectivity index (χ4n) is 2.02. The second-order valence-corrected chi connectivity index (χ2v) is 3.40. The molecule has 1 heterocycles. The van der Waals surface area contributed by atoms with Gasteiger partial charge in [-0.2, -0.15) is 0 Å². The zero-order valence-corrected chi connectivity index (χ0v) is 7.32. The van der Waals surface area contributed by atoms with Gasteiger partial charge in [0.2, 0.25) is 0 Å². The van der Waals surface area contributed by atoms with E-state index in [1.807, 2.05) is 0 Å². The van der Waals surface area contributed by atoms with Crippen molar-refractivity contribution in [3.05, 3.63) is 0 Å². The molecule has 0 radical (unpaired) electrons. The molecule has 0 aromatic carbocycles. The Hall–Kier alpha value is -0.0800. The Kier molecular flexibility index (Phi) is 2.90. The summed E-state index contributed by atoms with van der Waals surface area (Å²) in [5.41, 5.74) is 0. The third kappa shape index (κ3) is 1.74. The van der Waals surface area contributed by atoms with E-state index in [-0.39, 0.29) is 18.4 Å². The number of rotatable bonds is 0. The molecule has 1 saturated heterocycles. The molecule has 2 fully saturated rings. The van der Waals surface area contributed by atoms with Crippen LogP contribution >= 0.6 is 12.4 Å². The third-order valence-electron chi connectivity index (χ3n) is 2.70. The van der Waals surface area contributed by atoms with Crippen molar-refractivity contribution in [3.63, 3.8) is 0 Å². The standard InChI is InChI=1S/C8H13NO.ClH/c10-8-2-1-6-3-4-9-7(8)5-6;/h6-7,9H,1-5H2;1H. The van der Waals surface area contributed by atoms with E-state index in [1.165, 1.54) is 6.42 Å². The van der Waals surface area contributed by atoms with Crippen molar-refractivity contribution in [2.75, 3.05) is 6.54 Å². The molecule has 0 amide bonds. The number of nitrogens with one attached hydrogen (secondary N) is 1. The summed E-state index contributed by atoms with van der Waals surface area (Å²) in [5.74, 6) is 1.29. The first-order valence-corrected chi connectivity index (χ1v) is 4.12. The lowest BCUT2D eigenvalue weighted by atomic mass is 9.80. The Morgan fingerprint density at radius 3 is 2.91 bits per heavy atom. The summed E-state index contributed by atoms with van der Waals surface area (Å²) >= 11 is 0. The molecule has 11 heavy (non-hydrogen) atoms. The summed E-state index contributed by atoms with van der Waals surface area (Å²) < 4.78 is 0. The molecule has 1 aliphatic carbocycles. The second kappa shape index (κ2) is 3.55. The average Bonchev–Trinajstić information content (AvgIpc) is 1.99. The number of carbonyl (C=O) groups excluding carboxylic acids is 1. The van der Waals surface area contributed by atoms with Crippen LogP contribution in [0.4, 0.5) is 0 Å². The van der Waals surface area contributed by atoms with Crippen molar-refractivity contribution in [2.45, 2.75) is 31.7 Å². The largest absolute Gasteiger partial charge is 0.307 e. The van der Waals surface area contributed by atoms with Gasteiger partial charge < -0.3 is 5.32 Å². The number of hydrogen-bond donors (Lipinski definition) is 1. The monoisotopic (exact) mass is 175 g/mol. The Labute approximate surface area is 73.1 Å². The fraction of sp³-hybridized carbons (Fsp3) is 0.875. The molecular formula is C8H14ClNO. The normalized spacial score (nSPS) is 36.2. The lowest BCUT2D eigenvalue weighted by Gasteiger charge is -2.33. The topological polar surface area (TPSA) is 29.1 Å². The molecule has 1 aliphatic heterocycles. The predicted molar refractivity (Wildman–Crippen MR) is 46.0 cm³/mol. The lowest BCUT2D eigenvalue weighted by molar-refractivity contribution is -0.124. The van der Waals surface area contributed by atoms with Gasteiger partial charge in [-0.1, -0.05) is 0 Å². The van der Waals surface area contributed by atoms with Gasteiger partial charge in [0.1, 0.15) is 5.78 Å². The average molecular weight is 176 g/mol. The van der Waals surface area contributed by atoms with Crippen LogP contribution in [0.5, 0.6) is 0 Å². The highest BCUT2D eigenvalue weighted by Gasteiger charge is 2.31. The molecule has 64 valence electrons. The van der Waals surface area contributed by atoms with Gasteiger partial charge in [0.05, 0.1) is 6.04 Å². The summed E-state index contributed by atoms with van der Waals surface area (Å²) in [4.78, 5) is 11.1. The highest BCUT2D eigenvalue weighted by atomic mass is 35.5. The van der Waals surface area contributed by atoms with Crippen molar-refractivity contribution < 1.29 is 4.79 Å². The Balaban J connectivity index is 0.000000605. The number of hydrogen-bond acceptors (Lipinski definition) is 2. The van der Waals surface area contributed by atoms with Gasteiger partial charge in [0.15, 0.2) is 0 Å². The number of Topliss-reactive ketones (excluding diaryl/α,β-unsaturated/α-hetero) is 1. The Bertz CT molecular complexity index is 160. The number of fused-ring (bicyclic) bond motifs is 2. The minimum Gasteiger partial charge on any atom is -0.307 e. The number of halogens is 1. The molecule has 0 aromatic rings. The number of piperidine rings is 1. The van der Waals surface area contributed by atoms with Crippen LogP contribution in [0.3, 0.4) is 0 Å². The van der Waals surface area contributed by atoms with Crippen LogP contribution in [0.1, 0.15) is 25.7 Å². The van der Waals surface area contributed by atoms with E-state index in [0.717, 1.165) is 31.7 Å². The Morgan fingerprint density at radius 1 is 1.36 bits per heavy atom. The van der Waals surface area contributed by atoms with E-state index in [0.29, 0.717) is 5.78 Å². The first-order chi connectivity index (χ1) is 4.86. The highest BCUT2D eigenvalue weighted by Crippen LogP contribution is 2.27. The van der Waals surface area contributed by atoms with Gasteiger partial charge in [0.25, 0.3) is 0 Å². The maximum atomic E-state index is 11.1. The molecule has 2 unspecified atom stereocenters. The molecular weight excluding hydrogens is 162 g/mol. The first kappa shape index (κ1) is 9.01. The van der Waals surface area contributed by atoms with Crippen molar-refractivity contribution >= 4 is 18.2 Å². The molecule has 2 atom stereocenters. The summed E-state index contributed by atoms with van der Waals surface area (Å²) in [6, 6.07) is 0.229. The molecule has 0 spiro atoms. The smallest absolute Gasteiger partial charge is 0.149 e. The highest BCUT2D eigenvalue weighted by molar-refractivity contribution is 5.85. The molecule has 2 aliphatic rings. The van der Waals surface area contributed by atoms with Gasteiger partial charge in [-0.3, -0.25) is 4.79 Å². The maximum Gasteiger partial charge on any atom is 0.149 e. The van der Waals surface area contributed by atoms with Crippen LogP contribution in [0, 0.1) is 5.92 Å². The van der Waals surface area contributed by atoms with Crippen LogP contribution in [-0.2, 0) is 4.79 Å². The van der Waals surface area contributed by atoms with Crippen molar-refractivity contribution in [2.24, 2.45) is 5.92 Å². The molecule has 1 N–H and O–H groups in total. The van der Waals surface area contributed by atoms with E-state index in [4.69, 9.17) is 0 Å². The summed E-state index contributed by atoms with van der Waals surface area (Å²) in [5, 5.41) is 3.25. The quantitative estimate of drug-likeness (QED) is 0.598. The third-order valence-corrected chi connectivity index (χ3v) is 2.70. The van der Waals surface area contributed by atoms with Gasteiger partial charge in [-0.25, -0.2) is 0 Å². The molecule has 2 rings (SSSR count). The lowest BCUT2D eigenvalue weighted by Crippen LogP contribution is -2.46. The van der Waals surface area contributed by atoms with Crippen LogP contribution in [0.25, 0.3) is 0 Å². The molecule has 0 aromatic heterocycles. The number of carbonyl (C=O) groups is 1.